The zero-order chi connectivity index (χ0) is 19.4. The van der Waals surface area contributed by atoms with E-state index in [1.807, 2.05) is 31.2 Å². The zero-order valence-corrected chi connectivity index (χ0v) is 16.1. The molecule has 3 aromatic rings. The maximum atomic E-state index is 13.1. The molecular weight excluding hydrogens is 364 g/mol. The Kier molecular flexibility index (Phi) is 5.74. The molecule has 1 heterocycles. The highest BCUT2D eigenvalue weighted by molar-refractivity contribution is 7.89. The van der Waals surface area contributed by atoms with Crippen molar-refractivity contribution in [3.05, 3.63) is 76.1 Å². The molecule has 2 aromatic carbocycles. The molecule has 0 bridgehead atoms. The molecule has 0 fully saturated rings. The summed E-state index contributed by atoms with van der Waals surface area (Å²) in [7, 11) is -2.24. The fourth-order valence-corrected chi connectivity index (χ4v) is 4.24. The molecule has 0 saturated heterocycles. The Morgan fingerprint density at radius 1 is 1.07 bits per heavy atom. The monoisotopic (exact) mass is 386 g/mol. The molecule has 0 saturated carbocycles. The Bertz CT molecular complexity index is 1090. The van der Waals surface area contributed by atoms with Crippen LogP contribution in [0.4, 0.5) is 0 Å². The lowest BCUT2D eigenvalue weighted by molar-refractivity contribution is 0.177. The highest BCUT2D eigenvalue weighted by atomic mass is 32.2. The van der Waals surface area contributed by atoms with Crippen LogP contribution >= 0.6 is 0 Å². The second-order valence-corrected chi connectivity index (χ2v) is 8.29. The predicted molar refractivity (Wildman–Crippen MR) is 105 cm³/mol. The minimum atomic E-state index is -3.76. The number of nitrogens with one attached hydrogen (secondary N) is 1. The van der Waals surface area contributed by atoms with Crippen LogP contribution in [-0.4, -0.2) is 38.0 Å². The van der Waals surface area contributed by atoms with Crippen LogP contribution in [0.15, 0.2) is 64.3 Å². The SMILES string of the molecule is COCCN(Cc1cc2ccccc2[nH]c1=O)S(=O)(=O)c1ccc(C)cc1. The molecule has 6 nitrogen and oxygen atoms in total. The summed E-state index contributed by atoms with van der Waals surface area (Å²) in [5.74, 6) is 0. The average molecular weight is 386 g/mol. The van der Waals surface area contributed by atoms with E-state index in [1.54, 1.807) is 30.3 Å². The number of aromatic amines is 1. The largest absolute Gasteiger partial charge is 0.383 e. The van der Waals surface area contributed by atoms with Crippen LogP contribution in [0.5, 0.6) is 0 Å². The highest BCUT2D eigenvalue weighted by Gasteiger charge is 2.25. The number of hydrogen-bond donors (Lipinski definition) is 1. The number of para-hydroxylation sites is 1. The van der Waals surface area contributed by atoms with Gasteiger partial charge in [-0.1, -0.05) is 35.9 Å². The fraction of sp³-hybridized carbons (Fsp3) is 0.250. The van der Waals surface area contributed by atoms with Gasteiger partial charge in [0.15, 0.2) is 0 Å². The van der Waals surface area contributed by atoms with Gasteiger partial charge >= 0.3 is 0 Å². The normalized spacial score (nSPS) is 12.0. The number of benzene rings is 2. The van der Waals surface area contributed by atoms with Gasteiger partial charge in [0.05, 0.1) is 11.5 Å². The molecule has 3 rings (SSSR count). The number of H-pyrrole nitrogens is 1. The molecule has 0 radical (unpaired) electrons. The van der Waals surface area contributed by atoms with Gasteiger partial charge in [-0.2, -0.15) is 4.31 Å². The first-order valence-corrected chi connectivity index (χ1v) is 10.0. The van der Waals surface area contributed by atoms with Crippen molar-refractivity contribution in [1.82, 2.24) is 9.29 Å². The van der Waals surface area contributed by atoms with Gasteiger partial charge in [0.2, 0.25) is 10.0 Å². The number of pyridine rings is 1. The van der Waals surface area contributed by atoms with Crippen LogP contribution in [0.25, 0.3) is 10.9 Å². The van der Waals surface area contributed by atoms with E-state index in [1.165, 1.54) is 11.4 Å². The minimum absolute atomic E-state index is 0.0280. The van der Waals surface area contributed by atoms with Gasteiger partial charge in [0, 0.05) is 31.3 Å². The average Bonchev–Trinajstić information content (AvgIpc) is 2.65. The van der Waals surface area contributed by atoms with E-state index in [9.17, 15) is 13.2 Å². The summed E-state index contributed by atoms with van der Waals surface area (Å²) in [6.45, 7) is 2.25. The summed E-state index contributed by atoms with van der Waals surface area (Å²) >= 11 is 0. The van der Waals surface area contributed by atoms with Crippen LogP contribution in [0.3, 0.4) is 0 Å². The molecule has 0 aliphatic carbocycles. The summed E-state index contributed by atoms with van der Waals surface area (Å²) in [6.07, 6.45) is 0. The first-order valence-electron chi connectivity index (χ1n) is 8.58. The third-order valence-corrected chi connectivity index (χ3v) is 6.24. The number of hydrogen-bond acceptors (Lipinski definition) is 4. The Hall–Kier alpha value is -2.48. The maximum absolute atomic E-state index is 13.1. The molecule has 0 aliphatic rings. The third kappa shape index (κ3) is 4.27. The van der Waals surface area contributed by atoms with Crippen molar-refractivity contribution in [2.45, 2.75) is 18.4 Å². The van der Waals surface area contributed by atoms with Gasteiger partial charge in [0.25, 0.3) is 5.56 Å². The molecule has 0 spiro atoms. The molecule has 0 atom stereocenters. The van der Waals surface area contributed by atoms with Crippen LogP contribution in [0, 0.1) is 6.92 Å². The van der Waals surface area contributed by atoms with Crippen molar-refractivity contribution in [2.75, 3.05) is 20.3 Å². The lowest BCUT2D eigenvalue weighted by atomic mass is 10.1. The summed E-state index contributed by atoms with van der Waals surface area (Å²) in [5.41, 5.74) is 1.79. The minimum Gasteiger partial charge on any atom is -0.383 e. The highest BCUT2D eigenvalue weighted by Crippen LogP contribution is 2.19. The van der Waals surface area contributed by atoms with Crippen molar-refractivity contribution in [3.63, 3.8) is 0 Å². The lowest BCUT2D eigenvalue weighted by Crippen LogP contribution is -2.35. The quantitative estimate of drug-likeness (QED) is 0.677. The van der Waals surface area contributed by atoms with Gasteiger partial charge in [-0.05, 0) is 36.6 Å². The number of aromatic nitrogens is 1. The summed E-state index contributed by atoms with van der Waals surface area (Å²) in [5, 5.41) is 0.853. The summed E-state index contributed by atoms with van der Waals surface area (Å²) < 4.78 is 32.5. The van der Waals surface area contributed by atoms with Crippen molar-refractivity contribution < 1.29 is 13.2 Å². The Morgan fingerprint density at radius 3 is 2.48 bits per heavy atom. The van der Waals surface area contributed by atoms with Crippen molar-refractivity contribution in [1.29, 1.82) is 0 Å². The van der Waals surface area contributed by atoms with Crippen molar-refractivity contribution in [2.24, 2.45) is 0 Å². The summed E-state index contributed by atoms with van der Waals surface area (Å²) in [6, 6.07) is 15.8. The Morgan fingerprint density at radius 2 is 1.78 bits per heavy atom. The number of nitrogens with zero attached hydrogens (tertiary/aromatic N) is 1. The van der Waals surface area contributed by atoms with Crippen molar-refractivity contribution >= 4 is 20.9 Å². The first-order chi connectivity index (χ1) is 12.9. The van der Waals surface area contributed by atoms with E-state index in [4.69, 9.17) is 4.74 Å². The number of ether oxygens (including phenoxy) is 1. The molecule has 0 aliphatic heterocycles. The molecular formula is C20H22N2O4S. The van der Waals surface area contributed by atoms with E-state index < -0.39 is 10.0 Å². The van der Waals surface area contributed by atoms with Gasteiger partial charge in [-0.15, -0.1) is 0 Å². The van der Waals surface area contributed by atoms with E-state index in [-0.39, 0.29) is 30.2 Å². The number of sulfonamides is 1. The first kappa shape index (κ1) is 19.3. The molecule has 0 amide bonds. The molecule has 1 aromatic heterocycles. The number of methoxy groups -OCH3 is 1. The Balaban J connectivity index is 1.99. The topological polar surface area (TPSA) is 79.5 Å². The lowest BCUT2D eigenvalue weighted by Gasteiger charge is -2.22. The Labute approximate surface area is 158 Å². The molecule has 27 heavy (non-hydrogen) atoms. The molecule has 142 valence electrons. The van der Waals surface area contributed by atoms with E-state index >= 15 is 0 Å². The molecule has 7 heteroatoms. The van der Waals surface area contributed by atoms with Gasteiger partial charge in [-0.3, -0.25) is 4.79 Å². The standard InChI is InChI=1S/C20H22N2O4S/c1-15-7-9-18(10-8-15)27(24,25)22(11-12-26-2)14-17-13-16-5-3-4-6-19(16)21-20(17)23/h3-10,13H,11-12,14H2,1-2H3,(H,21,23). The van der Waals surface area contributed by atoms with E-state index in [2.05, 4.69) is 4.98 Å². The number of rotatable bonds is 7. The zero-order valence-electron chi connectivity index (χ0n) is 15.3. The second kappa shape index (κ2) is 8.04. The van der Waals surface area contributed by atoms with Crippen molar-refractivity contribution in [3.8, 4) is 0 Å². The maximum Gasteiger partial charge on any atom is 0.252 e. The predicted octanol–water partition coefficient (Wildman–Crippen LogP) is 2.67. The van der Waals surface area contributed by atoms with E-state index in [0.29, 0.717) is 5.56 Å². The van der Waals surface area contributed by atoms with Crippen LogP contribution in [-0.2, 0) is 21.3 Å². The van der Waals surface area contributed by atoms with Gasteiger partial charge < -0.3 is 9.72 Å². The van der Waals surface area contributed by atoms with Gasteiger partial charge in [0.1, 0.15) is 0 Å². The fourth-order valence-electron chi connectivity index (χ4n) is 2.84. The van der Waals surface area contributed by atoms with Crippen LogP contribution in [0.2, 0.25) is 0 Å². The van der Waals surface area contributed by atoms with Crippen LogP contribution < -0.4 is 5.56 Å². The molecule has 1 N–H and O–H groups in total. The van der Waals surface area contributed by atoms with E-state index in [0.717, 1.165) is 16.5 Å². The van der Waals surface area contributed by atoms with Gasteiger partial charge in [-0.25, -0.2) is 8.42 Å². The van der Waals surface area contributed by atoms with Crippen LogP contribution in [0.1, 0.15) is 11.1 Å². The smallest absolute Gasteiger partial charge is 0.252 e. The second-order valence-electron chi connectivity index (χ2n) is 6.36. The third-order valence-electron chi connectivity index (χ3n) is 4.38. The molecule has 0 unspecified atom stereocenters. The summed E-state index contributed by atoms with van der Waals surface area (Å²) in [4.78, 5) is 15.4. The number of fused-ring (bicyclic) bond motifs is 1. The number of aryl methyl sites for hydroxylation is 1.